The first-order valence-corrected chi connectivity index (χ1v) is 8.60. The van der Waals surface area contributed by atoms with Gasteiger partial charge in [0, 0.05) is 17.5 Å². The van der Waals surface area contributed by atoms with Crippen LogP contribution in [-0.4, -0.2) is 40.0 Å². The van der Waals surface area contributed by atoms with Crippen molar-refractivity contribution in [1.82, 2.24) is 10.2 Å². The fraction of sp³-hybridized carbons (Fsp3) is 0.632. The van der Waals surface area contributed by atoms with E-state index in [1.165, 1.54) is 30.7 Å². The van der Waals surface area contributed by atoms with Gasteiger partial charge >= 0.3 is 0 Å². The van der Waals surface area contributed by atoms with Crippen LogP contribution in [0.2, 0.25) is 0 Å². The Labute approximate surface area is 138 Å². The summed E-state index contributed by atoms with van der Waals surface area (Å²) < 4.78 is 0. The molecule has 0 radical (unpaired) electrons. The van der Waals surface area contributed by atoms with Crippen LogP contribution in [0.15, 0.2) is 29.3 Å². The van der Waals surface area contributed by atoms with Crippen molar-refractivity contribution in [1.29, 1.82) is 0 Å². The summed E-state index contributed by atoms with van der Waals surface area (Å²) >= 11 is 0. The topological polar surface area (TPSA) is 47.9 Å². The summed E-state index contributed by atoms with van der Waals surface area (Å²) in [4.78, 5) is 7.41. The van der Waals surface area contributed by atoms with E-state index in [-0.39, 0.29) is 5.54 Å². The Morgan fingerprint density at radius 2 is 1.83 bits per heavy atom. The molecule has 4 aliphatic rings. The molecule has 1 aliphatic heterocycles. The van der Waals surface area contributed by atoms with Gasteiger partial charge < -0.3 is 10.4 Å². The van der Waals surface area contributed by atoms with Crippen LogP contribution in [0.5, 0.6) is 5.75 Å². The van der Waals surface area contributed by atoms with Crippen molar-refractivity contribution in [3.8, 4) is 5.75 Å². The van der Waals surface area contributed by atoms with E-state index in [1.54, 1.807) is 12.1 Å². The Hall–Kier alpha value is -1.55. The number of hydrogen-bond acceptors (Lipinski definition) is 4. The molecule has 3 fully saturated rings. The molecule has 0 aromatic heterocycles. The Morgan fingerprint density at radius 3 is 2.35 bits per heavy atom. The fourth-order valence-corrected chi connectivity index (χ4v) is 4.50. The summed E-state index contributed by atoms with van der Waals surface area (Å²) in [7, 11) is 2.23. The minimum absolute atomic E-state index is 0.0931. The van der Waals surface area contributed by atoms with Crippen LogP contribution >= 0.6 is 0 Å². The lowest BCUT2D eigenvalue weighted by Crippen LogP contribution is -2.77. The van der Waals surface area contributed by atoms with E-state index in [1.807, 2.05) is 12.1 Å². The zero-order valence-corrected chi connectivity index (χ0v) is 14.6. The van der Waals surface area contributed by atoms with Gasteiger partial charge in [0.05, 0.1) is 11.6 Å². The Morgan fingerprint density at radius 1 is 1.22 bits per heavy atom. The molecule has 3 saturated carbocycles. The molecule has 0 amide bonds. The summed E-state index contributed by atoms with van der Waals surface area (Å²) in [6.07, 6.45) is 3.68. The van der Waals surface area contributed by atoms with Gasteiger partial charge in [-0.2, -0.15) is 0 Å². The summed E-state index contributed by atoms with van der Waals surface area (Å²) in [5, 5.41) is 13.1. The van der Waals surface area contributed by atoms with Crippen LogP contribution in [0.25, 0.3) is 0 Å². The van der Waals surface area contributed by atoms with Gasteiger partial charge in [0.1, 0.15) is 11.6 Å². The number of nitrogens with one attached hydrogen (secondary N) is 1. The molecule has 1 aromatic carbocycles. The molecular formula is C19H27N3O. The molecule has 4 nitrogen and oxygen atoms in total. The van der Waals surface area contributed by atoms with Gasteiger partial charge in [0.15, 0.2) is 0 Å². The van der Waals surface area contributed by atoms with Gasteiger partial charge in [-0.25, -0.2) is 0 Å². The highest BCUT2D eigenvalue weighted by Gasteiger charge is 2.72. The second kappa shape index (κ2) is 4.50. The van der Waals surface area contributed by atoms with Crippen molar-refractivity contribution < 1.29 is 5.11 Å². The molecular weight excluding hydrogens is 286 g/mol. The number of phenols is 1. The second-order valence-electron chi connectivity index (χ2n) is 8.56. The van der Waals surface area contributed by atoms with E-state index >= 15 is 0 Å². The second-order valence-corrected chi connectivity index (χ2v) is 8.56. The molecule has 1 atom stereocenters. The van der Waals surface area contributed by atoms with Gasteiger partial charge in [0.2, 0.25) is 0 Å². The lowest BCUT2D eigenvalue weighted by Gasteiger charge is -2.73. The largest absolute Gasteiger partial charge is 0.508 e. The number of phenolic OH excluding ortho intramolecular Hbond substituents is 1. The molecule has 3 aliphatic carbocycles. The maximum Gasteiger partial charge on any atom is 0.115 e. The monoisotopic (exact) mass is 313 g/mol. The van der Waals surface area contributed by atoms with E-state index in [4.69, 9.17) is 4.99 Å². The molecule has 1 heterocycles. The maximum absolute atomic E-state index is 9.40. The number of hydrogen-bond donors (Lipinski definition) is 2. The third-order valence-corrected chi connectivity index (χ3v) is 6.48. The van der Waals surface area contributed by atoms with Crippen molar-refractivity contribution >= 4 is 5.84 Å². The van der Waals surface area contributed by atoms with E-state index < -0.39 is 0 Å². The average molecular weight is 313 g/mol. The fourth-order valence-electron chi connectivity index (χ4n) is 4.50. The number of rotatable bonds is 4. The molecule has 4 heteroatoms. The summed E-state index contributed by atoms with van der Waals surface area (Å²) in [6.45, 7) is 7.63. The minimum Gasteiger partial charge on any atom is -0.508 e. The number of aromatic hydroxyl groups is 1. The first kappa shape index (κ1) is 15.0. The number of benzene rings is 1. The van der Waals surface area contributed by atoms with Crippen molar-refractivity contribution in [2.24, 2.45) is 10.4 Å². The van der Waals surface area contributed by atoms with Crippen molar-refractivity contribution in [3.05, 3.63) is 29.8 Å². The van der Waals surface area contributed by atoms with Crippen molar-refractivity contribution in [3.63, 3.8) is 0 Å². The molecule has 0 spiro atoms. The normalized spacial score (nSPS) is 36.9. The van der Waals surface area contributed by atoms with E-state index in [2.05, 4.69) is 38.0 Å². The molecule has 2 bridgehead atoms. The Balaban J connectivity index is 1.40. The zero-order chi connectivity index (χ0) is 16.5. The molecule has 5 rings (SSSR count). The van der Waals surface area contributed by atoms with Crippen LogP contribution in [0.3, 0.4) is 0 Å². The van der Waals surface area contributed by atoms with Gasteiger partial charge in [0.25, 0.3) is 0 Å². The van der Waals surface area contributed by atoms with Crippen LogP contribution in [0.1, 0.15) is 45.6 Å². The van der Waals surface area contributed by atoms with Gasteiger partial charge in [-0.1, -0.05) is 12.1 Å². The van der Waals surface area contributed by atoms with Crippen LogP contribution in [-0.2, 0) is 6.54 Å². The quantitative estimate of drug-likeness (QED) is 0.898. The number of aliphatic imine (C=N–C) groups is 1. The van der Waals surface area contributed by atoms with Crippen molar-refractivity contribution in [2.45, 2.75) is 63.7 Å². The predicted octanol–water partition coefficient (Wildman–Crippen LogP) is 2.92. The lowest BCUT2D eigenvalue weighted by molar-refractivity contribution is -0.175. The summed E-state index contributed by atoms with van der Waals surface area (Å²) in [5.74, 6) is 1.60. The third kappa shape index (κ3) is 2.11. The van der Waals surface area contributed by atoms with Gasteiger partial charge in [-0.15, -0.1) is 0 Å². The lowest BCUT2D eigenvalue weighted by atomic mass is 9.38. The Bertz CT molecular complexity index is 642. The maximum atomic E-state index is 9.40. The molecule has 2 N–H and O–H groups in total. The minimum atomic E-state index is 0.0931. The highest BCUT2D eigenvalue weighted by atomic mass is 16.3. The number of amidine groups is 1. The molecule has 1 aromatic rings. The molecule has 0 saturated heterocycles. The first-order chi connectivity index (χ1) is 10.7. The van der Waals surface area contributed by atoms with E-state index in [0.29, 0.717) is 22.7 Å². The molecule has 23 heavy (non-hydrogen) atoms. The van der Waals surface area contributed by atoms with Gasteiger partial charge in [-0.05, 0) is 64.8 Å². The summed E-state index contributed by atoms with van der Waals surface area (Å²) in [5.41, 5.74) is 2.04. The van der Waals surface area contributed by atoms with E-state index in [0.717, 1.165) is 6.54 Å². The third-order valence-electron chi connectivity index (χ3n) is 6.48. The Kier molecular flexibility index (Phi) is 2.94. The SMILES string of the molecule is C[C@@H]1N=C(C23CC(N(C)Cc4ccc(O)cc4)(C2)C3)NC1(C)C. The first-order valence-electron chi connectivity index (χ1n) is 8.60. The number of nitrogens with zero attached hydrogens (tertiary/aromatic N) is 2. The molecule has 0 unspecified atom stereocenters. The van der Waals surface area contributed by atoms with Crippen LogP contribution < -0.4 is 5.32 Å². The predicted molar refractivity (Wildman–Crippen MR) is 92.7 cm³/mol. The van der Waals surface area contributed by atoms with Crippen LogP contribution in [0, 0.1) is 5.41 Å². The standard InChI is InChI=1S/C19H27N3O/c1-13-17(2,3)21-16(20-13)18-10-19(11-18,12-18)22(4)9-14-5-7-15(23)8-6-14/h5-8,13,23H,9-12H2,1-4H3,(H,20,21)/t13-,18?,19?/m0/s1. The van der Waals surface area contributed by atoms with Gasteiger partial charge in [-0.3, -0.25) is 9.89 Å². The van der Waals surface area contributed by atoms with E-state index in [9.17, 15) is 5.11 Å². The van der Waals surface area contributed by atoms with Crippen molar-refractivity contribution in [2.75, 3.05) is 7.05 Å². The summed E-state index contributed by atoms with van der Waals surface area (Å²) in [6, 6.07) is 7.93. The van der Waals surface area contributed by atoms with Crippen LogP contribution in [0.4, 0.5) is 0 Å². The highest BCUT2D eigenvalue weighted by molar-refractivity contribution is 5.94. The molecule has 124 valence electrons. The average Bonchev–Trinajstić information content (AvgIpc) is 2.63. The zero-order valence-electron chi connectivity index (χ0n) is 14.6. The smallest absolute Gasteiger partial charge is 0.115 e. The highest BCUT2D eigenvalue weighted by Crippen LogP contribution is 2.70.